The van der Waals surface area contributed by atoms with Crippen molar-refractivity contribution < 1.29 is 4.79 Å². The average Bonchev–Trinajstić information content (AvgIpc) is 2.35. The zero-order chi connectivity index (χ0) is 12.5. The van der Waals surface area contributed by atoms with Crippen LogP contribution in [0.3, 0.4) is 0 Å². The Balaban J connectivity index is 2.24. The average molecular weight is 253 g/mol. The molecule has 0 aromatic heterocycles. The highest BCUT2D eigenvalue weighted by Crippen LogP contribution is 2.23. The predicted molar refractivity (Wildman–Crippen MR) is 70.5 cm³/mol. The second-order valence-electron chi connectivity index (χ2n) is 5.01. The molecule has 1 aromatic carbocycles. The smallest absolute Gasteiger partial charge is 0.228 e. The van der Waals surface area contributed by atoms with Gasteiger partial charge in [0, 0.05) is 35.8 Å². The summed E-state index contributed by atoms with van der Waals surface area (Å²) < 4.78 is 0. The number of amides is 1. The normalized spacial score (nSPS) is 20.2. The van der Waals surface area contributed by atoms with E-state index in [1.807, 2.05) is 38.1 Å². The molecule has 1 aliphatic heterocycles. The van der Waals surface area contributed by atoms with E-state index in [1.54, 1.807) is 4.90 Å². The Bertz CT molecular complexity index is 431. The third kappa shape index (κ3) is 2.99. The number of carbonyl (C=O) groups excluding carboxylic acids is 1. The number of nitrogens with zero attached hydrogens (tertiary/aromatic N) is 1. The molecule has 2 rings (SSSR count). The van der Waals surface area contributed by atoms with E-state index in [2.05, 4.69) is 5.32 Å². The molecule has 0 aliphatic carbocycles. The van der Waals surface area contributed by atoms with Crippen molar-refractivity contribution in [3.8, 4) is 0 Å². The lowest BCUT2D eigenvalue weighted by molar-refractivity contribution is -0.119. The van der Waals surface area contributed by atoms with E-state index in [0.29, 0.717) is 18.0 Å². The van der Waals surface area contributed by atoms with Gasteiger partial charge in [0.1, 0.15) is 0 Å². The third-order valence-electron chi connectivity index (χ3n) is 2.95. The van der Waals surface area contributed by atoms with Crippen LogP contribution in [0.2, 0.25) is 5.02 Å². The number of hydrogen-bond acceptors (Lipinski definition) is 2. The summed E-state index contributed by atoms with van der Waals surface area (Å²) in [7, 11) is 0. The number of benzene rings is 1. The quantitative estimate of drug-likeness (QED) is 0.833. The van der Waals surface area contributed by atoms with E-state index >= 15 is 0 Å². The van der Waals surface area contributed by atoms with Gasteiger partial charge in [-0.1, -0.05) is 17.7 Å². The van der Waals surface area contributed by atoms with Gasteiger partial charge in [0.05, 0.1) is 0 Å². The molecule has 0 unspecified atom stereocenters. The number of hydrogen-bond donors (Lipinski definition) is 1. The molecule has 0 radical (unpaired) electrons. The SMILES string of the molecule is CC1(C)CC(=O)N(c2cccc(Cl)c2)CCN1. The molecule has 0 saturated carbocycles. The third-order valence-corrected chi connectivity index (χ3v) is 3.19. The Kier molecular flexibility index (Phi) is 3.40. The highest BCUT2D eigenvalue weighted by atomic mass is 35.5. The van der Waals surface area contributed by atoms with Gasteiger partial charge < -0.3 is 10.2 Å². The first-order valence-corrected chi connectivity index (χ1v) is 6.17. The van der Waals surface area contributed by atoms with Crippen LogP contribution in [0.5, 0.6) is 0 Å². The summed E-state index contributed by atoms with van der Waals surface area (Å²) in [5.74, 6) is 0.141. The number of anilines is 1. The van der Waals surface area contributed by atoms with Crippen molar-refractivity contribution in [2.45, 2.75) is 25.8 Å². The fraction of sp³-hybridized carbons (Fsp3) is 0.462. The molecule has 17 heavy (non-hydrogen) atoms. The Hall–Kier alpha value is -1.06. The molecule has 3 nitrogen and oxygen atoms in total. The second kappa shape index (κ2) is 4.67. The van der Waals surface area contributed by atoms with Gasteiger partial charge in [0.15, 0.2) is 0 Å². The first-order chi connectivity index (χ1) is 7.98. The van der Waals surface area contributed by atoms with E-state index in [4.69, 9.17) is 11.6 Å². The standard InChI is InChI=1S/C13H17ClN2O/c1-13(2)9-12(17)16(7-6-15-13)11-5-3-4-10(14)8-11/h3-5,8,15H,6-7,9H2,1-2H3. The topological polar surface area (TPSA) is 32.3 Å². The summed E-state index contributed by atoms with van der Waals surface area (Å²) in [4.78, 5) is 14.0. The Morgan fingerprint density at radius 1 is 1.41 bits per heavy atom. The largest absolute Gasteiger partial charge is 0.311 e. The lowest BCUT2D eigenvalue weighted by atomic mass is 10.0. The fourth-order valence-electron chi connectivity index (χ4n) is 2.08. The summed E-state index contributed by atoms with van der Waals surface area (Å²) >= 11 is 5.96. The van der Waals surface area contributed by atoms with Crippen LogP contribution in [0, 0.1) is 0 Å². The number of halogens is 1. The molecule has 0 atom stereocenters. The summed E-state index contributed by atoms with van der Waals surface area (Å²) in [5.41, 5.74) is 0.742. The van der Waals surface area contributed by atoms with Crippen LogP contribution in [-0.2, 0) is 4.79 Å². The van der Waals surface area contributed by atoms with Crippen molar-refractivity contribution in [3.05, 3.63) is 29.3 Å². The van der Waals surface area contributed by atoms with E-state index < -0.39 is 0 Å². The van der Waals surface area contributed by atoms with Crippen LogP contribution in [0.15, 0.2) is 24.3 Å². The van der Waals surface area contributed by atoms with Crippen molar-refractivity contribution >= 4 is 23.2 Å². The first kappa shape index (κ1) is 12.4. The highest BCUT2D eigenvalue weighted by Gasteiger charge is 2.28. The minimum Gasteiger partial charge on any atom is -0.311 e. The molecular formula is C13H17ClN2O. The van der Waals surface area contributed by atoms with E-state index in [9.17, 15) is 4.79 Å². The lowest BCUT2D eigenvalue weighted by Gasteiger charge is -2.23. The van der Waals surface area contributed by atoms with Crippen molar-refractivity contribution in [2.24, 2.45) is 0 Å². The second-order valence-corrected chi connectivity index (χ2v) is 5.45. The Morgan fingerprint density at radius 3 is 2.88 bits per heavy atom. The van der Waals surface area contributed by atoms with Gasteiger partial charge >= 0.3 is 0 Å². The van der Waals surface area contributed by atoms with Crippen molar-refractivity contribution in [2.75, 3.05) is 18.0 Å². The molecule has 1 fully saturated rings. The predicted octanol–water partition coefficient (Wildman–Crippen LogP) is 2.44. The molecule has 0 spiro atoms. The lowest BCUT2D eigenvalue weighted by Crippen LogP contribution is -2.39. The molecule has 1 N–H and O–H groups in total. The first-order valence-electron chi connectivity index (χ1n) is 5.79. The number of nitrogens with one attached hydrogen (secondary N) is 1. The Morgan fingerprint density at radius 2 is 2.18 bits per heavy atom. The zero-order valence-corrected chi connectivity index (χ0v) is 10.9. The van der Waals surface area contributed by atoms with Crippen molar-refractivity contribution in [3.63, 3.8) is 0 Å². The summed E-state index contributed by atoms with van der Waals surface area (Å²) in [6.45, 7) is 5.58. The molecular weight excluding hydrogens is 236 g/mol. The molecule has 1 saturated heterocycles. The van der Waals surface area contributed by atoms with Gasteiger partial charge in [-0.05, 0) is 32.0 Å². The maximum Gasteiger partial charge on any atom is 0.228 e. The maximum absolute atomic E-state index is 12.2. The monoisotopic (exact) mass is 252 g/mol. The molecule has 4 heteroatoms. The number of carbonyl (C=O) groups is 1. The fourth-order valence-corrected chi connectivity index (χ4v) is 2.27. The molecule has 1 heterocycles. The number of rotatable bonds is 1. The summed E-state index contributed by atoms with van der Waals surface area (Å²) in [6, 6.07) is 7.43. The minimum absolute atomic E-state index is 0.135. The van der Waals surface area contributed by atoms with Gasteiger partial charge in [-0.15, -0.1) is 0 Å². The van der Waals surface area contributed by atoms with Gasteiger partial charge in [-0.3, -0.25) is 4.79 Å². The highest BCUT2D eigenvalue weighted by molar-refractivity contribution is 6.30. The van der Waals surface area contributed by atoms with E-state index in [0.717, 1.165) is 12.2 Å². The molecule has 92 valence electrons. The van der Waals surface area contributed by atoms with Crippen LogP contribution >= 0.6 is 11.6 Å². The van der Waals surface area contributed by atoms with Crippen molar-refractivity contribution in [1.82, 2.24) is 5.32 Å². The van der Waals surface area contributed by atoms with Gasteiger partial charge in [-0.25, -0.2) is 0 Å². The van der Waals surface area contributed by atoms with Crippen LogP contribution in [-0.4, -0.2) is 24.5 Å². The van der Waals surface area contributed by atoms with Gasteiger partial charge in [0.25, 0.3) is 0 Å². The van der Waals surface area contributed by atoms with Gasteiger partial charge in [-0.2, -0.15) is 0 Å². The van der Waals surface area contributed by atoms with Crippen LogP contribution < -0.4 is 10.2 Å². The zero-order valence-electron chi connectivity index (χ0n) is 10.2. The summed E-state index contributed by atoms with van der Waals surface area (Å²) in [6.07, 6.45) is 0.500. The van der Waals surface area contributed by atoms with Crippen molar-refractivity contribution in [1.29, 1.82) is 0 Å². The van der Waals surface area contributed by atoms with Crippen LogP contribution in [0.4, 0.5) is 5.69 Å². The molecule has 0 bridgehead atoms. The van der Waals surface area contributed by atoms with Crippen LogP contribution in [0.1, 0.15) is 20.3 Å². The molecule has 1 amide bonds. The van der Waals surface area contributed by atoms with Gasteiger partial charge in [0.2, 0.25) is 5.91 Å². The minimum atomic E-state index is -0.135. The summed E-state index contributed by atoms with van der Waals surface area (Å²) in [5, 5.41) is 4.03. The molecule has 1 aliphatic rings. The van der Waals surface area contributed by atoms with E-state index in [-0.39, 0.29) is 11.4 Å². The maximum atomic E-state index is 12.2. The Labute approximate surface area is 107 Å². The van der Waals surface area contributed by atoms with Crippen LogP contribution in [0.25, 0.3) is 0 Å². The molecule has 1 aromatic rings. The van der Waals surface area contributed by atoms with E-state index in [1.165, 1.54) is 0 Å².